The van der Waals surface area contributed by atoms with Gasteiger partial charge in [-0.1, -0.05) is 48.0 Å². The number of aryl methyl sites for hydroxylation is 1. The lowest BCUT2D eigenvalue weighted by atomic mass is 10.1. The Morgan fingerprint density at radius 1 is 1.15 bits per heavy atom. The maximum absolute atomic E-state index is 11.7. The number of nitrogens with one attached hydrogen (secondary N) is 1. The Hall–Kier alpha value is -2.06. The molecule has 0 fully saturated rings. The van der Waals surface area contributed by atoms with E-state index in [-0.39, 0.29) is 5.91 Å². The summed E-state index contributed by atoms with van der Waals surface area (Å²) in [6, 6.07) is 15.3. The third kappa shape index (κ3) is 4.25. The van der Waals surface area contributed by atoms with Gasteiger partial charge in [-0.05, 0) is 41.8 Å². The molecule has 0 aliphatic rings. The van der Waals surface area contributed by atoms with E-state index in [0.717, 1.165) is 11.1 Å². The van der Waals surface area contributed by atoms with E-state index >= 15 is 0 Å². The number of carbonyl (C=O) groups is 1. The van der Waals surface area contributed by atoms with Crippen LogP contribution in [0, 0.1) is 6.92 Å². The van der Waals surface area contributed by atoms with Crippen LogP contribution in [0.15, 0.2) is 54.6 Å². The molecule has 1 N–H and O–H groups in total. The molecule has 1 amide bonds. The first-order valence-electron chi connectivity index (χ1n) is 6.41. The molecular weight excluding hydrogens is 270 g/mol. The van der Waals surface area contributed by atoms with E-state index in [9.17, 15) is 4.79 Å². The lowest BCUT2D eigenvalue weighted by molar-refractivity contribution is -0.116. The van der Waals surface area contributed by atoms with E-state index in [4.69, 9.17) is 11.6 Å². The zero-order valence-electron chi connectivity index (χ0n) is 11.3. The molecule has 0 aliphatic carbocycles. The second-order valence-corrected chi connectivity index (χ2v) is 4.97. The minimum Gasteiger partial charge on any atom is -0.348 e. The van der Waals surface area contributed by atoms with Gasteiger partial charge >= 0.3 is 0 Å². The molecule has 2 aromatic rings. The van der Waals surface area contributed by atoms with Gasteiger partial charge in [0.25, 0.3) is 0 Å². The zero-order valence-corrected chi connectivity index (χ0v) is 12.0. The van der Waals surface area contributed by atoms with E-state index in [1.807, 2.05) is 43.3 Å². The summed E-state index contributed by atoms with van der Waals surface area (Å²) in [4.78, 5) is 11.7. The maximum Gasteiger partial charge on any atom is 0.244 e. The van der Waals surface area contributed by atoms with Crippen molar-refractivity contribution in [2.45, 2.75) is 13.5 Å². The molecule has 0 spiro atoms. The molecule has 20 heavy (non-hydrogen) atoms. The van der Waals surface area contributed by atoms with Gasteiger partial charge in [-0.2, -0.15) is 0 Å². The van der Waals surface area contributed by atoms with E-state index in [1.165, 1.54) is 11.6 Å². The average molecular weight is 286 g/mol. The number of hydrogen-bond donors (Lipinski definition) is 1. The van der Waals surface area contributed by atoms with Crippen LogP contribution < -0.4 is 5.32 Å². The molecule has 0 atom stereocenters. The van der Waals surface area contributed by atoms with Crippen LogP contribution in [-0.4, -0.2) is 5.91 Å². The Morgan fingerprint density at radius 2 is 1.85 bits per heavy atom. The molecule has 0 saturated carbocycles. The molecule has 0 bridgehead atoms. The monoisotopic (exact) mass is 285 g/mol. The molecule has 0 radical (unpaired) electrons. The first-order valence-corrected chi connectivity index (χ1v) is 6.79. The lowest BCUT2D eigenvalue weighted by Gasteiger charge is -2.05. The molecular formula is C17H16ClNO. The van der Waals surface area contributed by atoms with Crippen LogP contribution >= 0.6 is 11.6 Å². The molecule has 0 heterocycles. The molecule has 0 aromatic heterocycles. The summed E-state index contributed by atoms with van der Waals surface area (Å²) >= 11 is 5.80. The van der Waals surface area contributed by atoms with Crippen molar-refractivity contribution in [2.24, 2.45) is 0 Å². The number of carbonyl (C=O) groups excluding carboxylic acids is 1. The molecule has 0 unspecified atom stereocenters. The largest absolute Gasteiger partial charge is 0.348 e. The van der Waals surface area contributed by atoms with Gasteiger partial charge in [0.15, 0.2) is 0 Å². The minimum atomic E-state index is -0.108. The fourth-order valence-corrected chi connectivity index (χ4v) is 1.92. The predicted octanol–water partition coefficient (Wildman–Crippen LogP) is 3.98. The van der Waals surface area contributed by atoms with E-state index in [2.05, 4.69) is 5.32 Å². The summed E-state index contributed by atoms with van der Waals surface area (Å²) in [5.41, 5.74) is 3.25. The van der Waals surface area contributed by atoms with Crippen molar-refractivity contribution in [3.8, 4) is 0 Å². The van der Waals surface area contributed by atoms with Gasteiger partial charge in [-0.15, -0.1) is 0 Å². The van der Waals surface area contributed by atoms with Crippen LogP contribution in [0.1, 0.15) is 16.7 Å². The van der Waals surface area contributed by atoms with Crippen molar-refractivity contribution in [2.75, 3.05) is 0 Å². The molecule has 2 nitrogen and oxygen atoms in total. The van der Waals surface area contributed by atoms with E-state index in [1.54, 1.807) is 18.2 Å². The van der Waals surface area contributed by atoms with Gasteiger partial charge in [-0.3, -0.25) is 4.79 Å². The normalized spacial score (nSPS) is 10.7. The highest BCUT2D eigenvalue weighted by Gasteiger charge is 1.99. The minimum absolute atomic E-state index is 0.108. The third-order valence-corrected chi connectivity index (χ3v) is 3.26. The van der Waals surface area contributed by atoms with Crippen molar-refractivity contribution >= 4 is 23.6 Å². The Balaban J connectivity index is 1.90. The molecule has 0 saturated heterocycles. The van der Waals surface area contributed by atoms with Crippen LogP contribution in [-0.2, 0) is 11.3 Å². The molecule has 0 aliphatic heterocycles. The number of benzene rings is 2. The van der Waals surface area contributed by atoms with Crippen LogP contribution in [0.5, 0.6) is 0 Å². The summed E-state index contributed by atoms with van der Waals surface area (Å²) in [6.07, 6.45) is 3.30. The molecule has 2 rings (SSSR count). The van der Waals surface area contributed by atoms with Crippen LogP contribution in [0.4, 0.5) is 0 Å². The Labute approximate surface area is 124 Å². The van der Waals surface area contributed by atoms with Gasteiger partial charge in [-0.25, -0.2) is 0 Å². The number of amides is 1. The van der Waals surface area contributed by atoms with Gasteiger partial charge in [0.05, 0.1) is 0 Å². The lowest BCUT2D eigenvalue weighted by Crippen LogP contribution is -2.20. The van der Waals surface area contributed by atoms with Crippen LogP contribution in [0.3, 0.4) is 0 Å². The zero-order chi connectivity index (χ0) is 14.4. The van der Waals surface area contributed by atoms with Gasteiger partial charge in [0, 0.05) is 17.6 Å². The summed E-state index contributed by atoms with van der Waals surface area (Å²) in [5, 5.41) is 3.56. The number of hydrogen-bond acceptors (Lipinski definition) is 1. The van der Waals surface area contributed by atoms with Crippen molar-refractivity contribution in [1.29, 1.82) is 0 Å². The Kier molecular flexibility index (Phi) is 4.97. The van der Waals surface area contributed by atoms with Gasteiger partial charge < -0.3 is 5.32 Å². The molecule has 3 heteroatoms. The Bertz CT molecular complexity index is 617. The van der Waals surface area contributed by atoms with Crippen molar-refractivity contribution in [1.82, 2.24) is 5.32 Å². The van der Waals surface area contributed by atoms with E-state index < -0.39 is 0 Å². The fraction of sp³-hybridized carbons (Fsp3) is 0.118. The summed E-state index contributed by atoms with van der Waals surface area (Å²) < 4.78 is 0. The number of rotatable bonds is 4. The second kappa shape index (κ2) is 6.92. The Morgan fingerprint density at radius 3 is 2.55 bits per heavy atom. The van der Waals surface area contributed by atoms with Gasteiger partial charge in [0.1, 0.15) is 0 Å². The molecule has 2 aromatic carbocycles. The molecule has 102 valence electrons. The smallest absolute Gasteiger partial charge is 0.244 e. The van der Waals surface area contributed by atoms with Crippen molar-refractivity contribution in [3.05, 3.63) is 76.3 Å². The highest BCUT2D eigenvalue weighted by atomic mass is 35.5. The summed E-state index contributed by atoms with van der Waals surface area (Å²) in [6.45, 7) is 2.57. The fourth-order valence-electron chi connectivity index (χ4n) is 1.80. The SMILES string of the molecule is Cc1ccccc1CNC(=O)C=Cc1ccc(Cl)cc1. The first kappa shape index (κ1) is 14.4. The number of halogens is 1. The quantitative estimate of drug-likeness (QED) is 0.846. The summed E-state index contributed by atoms with van der Waals surface area (Å²) in [5.74, 6) is -0.108. The highest BCUT2D eigenvalue weighted by molar-refractivity contribution is 6.30. The maximum atomic E-state index is 11.7. The topological polar surface area (TPSA) is 29.1 Å². The first-order chi connectivity index (χ1) is 9.65. The van der Waals surface area contributed by atoms with Crippen LogP contribution in [0.2, 0.25) is 5.02 Å². The van der Waals surface area contributed by atoms with Gasteiger partial charge in [0.2, 0.25) is 5.91 Å². The van der Waals surface area contributed by atoms with Crippen molar-refractivity contribution < 1.29 is 4.79 Å². The van der Waals surface area contributed by atoms with Crippen LogP contribution in [0.25, 0.3) is 6.08 Å². The average Bonchev–Trinajstić information content (AvgIpc) is 2.46. The standard InChI is InChI=1S/C17H16ClNO/c1-13-4-2-3-5-15(13)12-19-17(20)11-8-14-6-9-16(18)10-7-14/h2-11H,12H2,1H3,(H,19,20). The van der Waals surface area contributed by atoms with E-state index in [0.29, 0.717) is 11.6 Å². The predicted molar refractivity (Wildman–Crippen MR) is 83.5 cm³/mol. The second-order valence-electron chi connectivity index (χ2n) is 4.53. The highest BCUT2D eigenvalue weighted by Crippen LogP contribution is 2.10. The van der Waals surface area contributed by atoms with Crippen molar-refractivity contribution in [3.63, 3.8) is 0 Å². The summed E-state index contributed by atoms with van der Waals surface area (Å²) in [7, 11) is 0. The third-order valence-electron chi connectivity index (χ3n) is 3.01.